The molecule has 0 saturated carbocycles. The lowest BCUT2D eigenvalue weighted by Crippen LogP contribution is -2.06. The number of nitrogens with zero attached hydrogens (tertiary/aromatic N) is 2. The third-order valence-electron chi connectivity index (χ3n) is 4.59. The standard InChI is InChI=1S/C23H27ClN4/c1-17-6-12-20-21(16-17)27-22(13-9-18-7-10-19(24)11-8-18)28-23(20)26-15-5-3-2-4-14-25/h6-13,16H,2-5,14-15,25H2,1H3,(H,26,27,28)/b13-9+. The van der Waals surface area contributed by atoms with E-state index in [4.69, 9.17) is 27.3 Å². The molecule has 1 heterocycles. The van der Waals surface area contributed by atoms with E-state index in [1.807, 2.05) is 36.4 Å². The Hall–Kier alpha value is -2.43. The van der Waals surface area contributed by atoms with Crippen LogP contribution in [0.2, 0.25) is 5.02 Å². The van der Waals surface area contributed by atoms with Crippen LogP contribution in [0.15, 0.2) is 42.5 Å². The number of nitrogens with two attached hydrogens (primary N) is 1. The average molecular weight is 395 g/mol. The Morgan fingerprint density at radius 3 is 2.54 bits per heavy atom. The van der Waals surface area contributed by atoms with Crippen molar-refractivity contribution in [2.45, 2.75) is 32.6 Å². The van der Waals surface area contributed by atoms with Crippen LogP contribution in [0.3, 0.4) is 0 Å². The van der Waals surface area contributed by atoms with Gasteiger partial charge in [-0.25, -0.2) is 9.97 Å². The van der Waals surface area contributed by atoms with Gasteiger partial charge < -0.3 is 11.1 Å². The van der Waals surface area contributed by atoms with E-state index in [2.05, 4.69) is 30.4 Å². The lowest BCUT2D eigenvalue weighted by atomic mass is 10.1. The Balaban J connectivity index is 1.79. The molecule has 0 atom stereocenters. The van der Waals surface area contributed by atoms with E-state index < -0.39 is 0 Å². The van der Waals surface area contributed by atoms with Crippen molar-refractivity contribution >= 4 is 40.5 Å². The number of halogens is 1. The summed E-state index contributed by atoms with van der Waals surface area (Å²) in [5.41, 5.74) is 8.76. The monoisotopic (exact) mass is 394 g/mol. The van der Waals surface area contributed by atoms with Gasteiger partial charge in [0.2, 0.25) is 0 Å². The normalized spacial score (nSPS) is 11.4. The number of unbranched alkanes of at least 4 members (excludes halogenated alkanes) is 3. The van der Waals surface area contributed by atoms with Crippen LogP contribution in [0.25, 0.3) is 23.1 Å². The van der Waals surface area contributed by atoms with Gasteiger partial charge in [0.25, 0.3) is 0 Å². The minimum absolute atomic E-state index is 0.693. The summed E-state index contributed by atoms with van der Waals surface area (Å²) >= 11 is 5.95. The summed E-state index contributed by atoms with van der Waals surface area (Å²) in [6, 6.07) is 14.0. The summed E-state index contributed by atoms with van der Waals surface area (Å²) in [5.74, 6) is 1.58. The fraction of sp³-hybridized carbons (Fsp3) is 0.304. The number of aryl methyl sites for hydroxylation is 1. The van der Waals surface area contributed by atoms with Gasteiger partial charge in [0.15, 0.2) is 5.82 Å². The number of anilines is 1. The van der Waals surface area contributed by atoms with Crippen LogP contribution in [0.5, 0.6) is 0 Å². The van der Waals surface area contributed by atoms with E-state index >= 15 is 0 Å². The van der Waals surface area contributed by atoms with Gasteiger partial charge in [-0.2, -0.15) is 0 Å². The molecule has 3 N–H and O–H groups in total. The Bertz CT molecular complexity index is 935. The first-order valence-corrected chi connectivity index (χ1v) is 10.2. The smallest absolute Gasteiger partial charge is 0.154 e. The van der Waals surface area contributed by atoms with Crippen LogP contribution >= 0.6 is 11.6 Å². The molecule has 0 saturated heterocycles. The third-order valence-corrected chi connectivity index (χ3v) is 4.84. The number of rotatable bonds is 9. The number of hydrogen-bond acceptors (Lipinski definition) is 4. The summed E-state index contributed by atoms with van der Waals surface area (Å²) in [6.45, 7) is 3.74. The summed E-state index contributed by atoms with van der Waals surface area (Å²) in [7, 11) is 0. The molecule has 28 heavy (non-hydrogen) atoms. The van der Waals surface area contributed by atoms with E-state index in [9.17, 15) is 0 Å². The van der Waals surface area contributed by atoms with E-state index in [0.717, 1.165) is 53.2 Å². The summed E-state index contributed by atoms with van der Waals surface area (Å²) < 4.78 is 0. The highest BCUT2D eigenvalue weighted by Gasteiger charge is 2.06. The molecule has 0 spiro atoms. The first-order valence-electron chi connectivity index (χ1n) is 9.82. The molecule has 0 unspecified atom stereocenters. The quantitative estimate of drug-likeness (QED) is 0.457. The van der Waals surface area contributed by atoms with E-state index in [0.29, 0.717) is 5.82 Å². The first kappa shape index (κ1) is 20.3. The molecule has 0 aliphatic rings. The van der Waals surface area contributed by atoms with Crippen molar-refractivity contribution in [2.24, 2.45) is 5.73 Å². The average Bonchev–Trinajstić information content (AvgIpc) is 2.69. The van der Waals surface area contributed by atoms with Crippen molar-refractivity contribution in [3.63, 3.8) is 0 Å². The molecule has 146 valence electrons. The molecule has 0 aliphatic carbocycles. The van der Waals surface area contributed by atoms with Gasteiger partial charge in [0.1, 0.15) is 5.82 Å². The van der Waals surface area contributed by atoms with Crippen molar-refractivity contribution in [2.75, 3.05) is 18.4 Å². The van der Waals surface area contributed by atoms with Crippen LogP contribution in [0.1, 0.15) is 42.6 Å². The molecule has 3 rings (SSSR count). The lowest BCUT2D eigenvalue weighted by Gasteiger charge is -2.10. The third kappa shape index (κ3) is 5.78. The Kier molecular flexibility index (Phi) is 7.40. The van der Waals surface area contributed by atoms with Crippen LogP contribution < -0.4 is 11.1 Å². The highest BCUT2D eigenvalue weighted by Crippen LogP contribution is 2.22. The summed E-state index contributed by atoms with van der Waals surface area (Å²) in [4.78, 5) is 9.46. The van der Waals surface area contributed by atoms with Crippen molar-refractivity contribution in [1.82, 2.24) is 9.97 Å². The Morgan fingerprint density at radius 2 is 1.75 bits per heavy atom. The molecule has 0 amide bonds. The van der Waals surface area contributed by atoms with Gasteiger partial charge in [-0.15, -0.1) is 0 Å². The zero-order valence-corrected chi connectivity index (χ0v) is 17.0. The SMILES string of the molecule is Cc1ccc2c(NCCCCCCN)nc(/C=C/c3ccc(Cl)cc3)nc2c1. The second-order valence-corrected chi connectivity index (χ2v) is 7.40. The van der Waals surface area contributed by atoms with Gasteiger partial charge in [-0.05, 0) is 67.8 Å². The number of nitrogens with one attached hydrogen (secondary N) is 1. The highest BCUT2D eigenvalue weighted by atomic mass is 35.5. The molecule has 0 radical (unpaired) electrons. The van der Waals surface area contributed by atoms with Crippen molar-refractivity contribution in [3.05, 3.63) is 64.4 Å². The number of aromatic nitrogens is 2. The number of fused-ring (bicyclic) bond motifs is 1. The van der Waals surface area contributed by atoms with E-state index in [1.54, 1.807) is 0 Å². The molecule has 2 aromatic carbocycles. The van der Waals surface area contributed by atoms with E-state index in [1.165, 1.54) is 18.4 Å². The predicted octanol–water partition coefficient (Wildman–Crippen LogP) is 5.69. The molecule has 1 aromatic heterocycles. The van der Waals surface area contributed by atoms with Crippen molar-refractivity contribution in [1.29, 1.82) is 0 Å². The Morgan fingerprint density at radius 1 is 0.964 bits per heavy atom. The number of hydrogen-bond donors (Lipinski definition) is 2. The number of benzene rings is 2. The fourth-order valence-electron chi connectivity index (χ4n) is 3.04. The predicted molar refractivity (Wildman–Crippen MR) is 121 cm³/mol. The first-order chi connectivity index (χ1) is 13.7. The van der Waals surface area contributed by atoms with Crippen molar-refractivity contribution in [3.8, 4) is 0 Å². The minimum atomic E-state index is 0.693. The van der Waals surface area contributed by atoms with Crippen LogP contribution in [-0.4, -0.2) is 23.1 Å². The largest absolute Gasteiger partial charge is 0.369 e. The Labute approximate surface area is 171 Å². The van der Waals surface area contributed by atoms with Crippen LogP contribution in [-0.2, 0) is 0 Å². The molecular formula is C23H27ClN4. The minimum Gasteiger partial charge on any atom is -0.369 e. The molecule has 5 heteroatoms. The maximum absolute atomic E-state index is 5.95. The molecular weight excluding hydrogens is 368 g/mol. The maximum Gasteiger partial charge on any atom is 0.154 e. The lowest BCUT2D eigenvalue weighted by molar-refractivity contribution is 0.661. The molecule has 0 bridgehead atoms. The topological polar surface area (TPSA) is 63.8 Å². The maximum atomic E-state index is 5.95. The summed E-state index contributed by atoms with van der Waals surface area (Å²) in [6.07, 6.45) is 8.50. The molecule has 0 fully saturated rings. The van der Waals surface area contributed by atoms with E-state index in [-0.39, 0.29) is 0 Å². The van der Waals surface area contributed by atoms with Crippen molar-refractivity contribution < 1.29 is 0 Å². The van der Waals surface area contributed by atoms with Gasteiger partial charge in [-0.3, -0.25) is 0 Å². The molecule has 4 nitrogen and oxygen atoms in total. The molecule has 3 aromatic rings. The summed E-state index contributed by atoms with van der Waals surface area (Å²) in [5, 5.41) is 5.28. The zero-order valence-electron chi connectivity index (χ0n) is 16.3. The second kappa shape index (κ2) is 10.2. The van der Waals surface area contributed by atoms with Gasteiger partial charge in [0.05, 0.1) is 5.52 Å². The van der Waals surface area contributed by atoms with Crippen LogP contribution in [0.4, 0.5) is 5.82 Å². The van der Waals surface area contributed by atoms with Crippen LogP contribution in [0, 0.1) is 6.92 Å². The highest BCUT2D eigenvalue weighted by molar-refractivity contribution is 6.30. The second-order valence-electron chi connectivity index (χ2n) is 6.97. The fourth-order valence-corrected chi connectivity index (χ4v) is 3.17. The zero-order chi connectivity index (χ0) is 19.8. The molecule has 0 aliphatic heterocycles. The van der Waals surface area contributed by atoms with Gasteiger partial charge in [0, 0.05) is 17.0 Å². The van der Waals surface area contributed by atoms with Gasteiger partial charge >= 0.3 is 0 Å². The van der Waals surface area contributed by atoms with Gasteiger partial charge in [-0.1, -0.05) is 48.7 Å².